The zero-order valence-corrected chi connectivity index (χ0v) is 8.19. The number of hydrogen-bond donors (Lipinski definition) is 0. The fourth-order valence-electron chi connectivity index (χ4n) is 1.45. The fraction of sp³-hybridized carbons (Fsp3) is 0.667. The molecule has 5 heteroatoms. The lowest BCUT2D eigenvalue weighted by Gasteiger charge is -2.28. The number of carbonyl (C=O) groups excluding carboxylic acids is 1. The average molecular weight is 195 g/mol. The third kappa shape index (κ3) is 2.73. The number of piperidine rings is 1. The Balaban J connectivity index is 2.60. The first kappa shape index (κ1) is 10.5. The summed E-state index contributed by atoms with van der Waals surface area (Å²) in [6.07, 6.45) is 4.58. The molecule has 1 fully saturated rings. The average Bonchev–Trinajstić information content (AvgIpc) is 2.21. The summed E-state index contributed by atoms with van der Waals surface area (Å²) in [5.41, 5.74) is 0. The summed E-state index contributed by atoms with van der Waals surface area (Å²) in [6, 6.07) is 0. The number of amidine groups is 1. The van der Waals surface area contributed by atoms with Crippen molar-refractivity contribution >= 4 is 11.8 Å². The lowest BCUT2D eigenvalue weighted by atomic mass is 10.1. The van der Waals surface area contributed by atoms with Crippen LogP contribution in [0.4, 0.5) is 0 Å². The molecule has 14 heavy (non-hydrogen) atoms. The molecule has 0 aliphatic carbocycles. The van der Waals surface area contributed by atoms with Gasteiger partial charge in [-0.1, -0.05) is 0 Å². The van der Waals surface area contributed by atoms with Crippen molar-refractivity contribution in [1.29, 1.82) is 5.26 Å². The second kappa shape index (κ2) is 5.22. The van der Waals surface area contributed by atoms with Crippen LogP contribution in [0.2, 0.25) is 0 Å². The lowest BCUT2D eigenvalue weighted by molar-refractivity contribution is -0.141. The van der Waals surface area contributed by atoms with Gasteiger partial charge in [-0.05, 0) is 12.8 Å². The highest BCUT2D eigenvalue weighted by Crippen LogP contribution is 2.11. The van der Waals surface area contributed by atoms with E-state index in [1.807, 2.05) is 0 Å². The second-order valence-electron chi connectivity index (χ2n) is 3.08. The molecule has 5 nitrogen and oxygen atoms in total. The minimum Gasteiger partial charge on any atom is -0.468 e. The molecule has 0 saturated carbocycles. The van der Waals surface area contributed by atoms with Crippen LogP contribution in [0.3, 0.4) is 0 Å². The second-order valence-corrected chi connectivity index (χ2v) is 3.08. The standard InChI is InChI=1S/C9H13N3O2/c1-14-9(13)6-12-5-3-2-4-8(12)11-7-10/h2-6H2,1H3. The molecule has 1 aliphatic heterocycles. The molecule has 0 aromatic carbocycles. The van der Waals surface area contributed by atoms with Crippen LogP contribution in [-0.4, -0.2) is 36.9 Å². The summed E-state index contributed by atoms with van der Waals surface area (Å²) >= 11 is 0. The Morgan fingerprint density at radius 1 is 1.71 bits per heavy atom. The van der Waals surface area contributed by atoms with Gasteiger partial charge in [0.25, 0.3) is 0 Å². The van der Waals surface area contributed by atoms with Crippen molar-refractivity contribution in [2.45, 2.75) is 19.3 Å². The van der Waals surface area contributed by atoms with E-state index in [4.69, 9.17) is 5.26 Å². The van der Waals surface area contributed by atoms with E-state index in [2.05, 4.69) is 9.73 Å². The molecular weight excluding hydrogens is 182 g/mol. The third-order valence-corrected chi connectivity index (χ3v) is 2.17. The number of likely N-dealkylation sites (tertiary alicyclic amines) is 1. The van der Waals surface area contributed by atoms with Crippen LogP contribution in [0.1, 0.15) is 19.3 Å². The summed E-state index contributed by atoms with van der Waals surface area (Å²) in [6.45, 7) is 0.965. The van der Waals surface area contributed by atoms with Gasteiger partial charge in [0.2, 0.25) is 6.19 Å². The Morgan fingerprint density at radius 2 is 2.50 bits per heavy atom. The Morgan fingerprint density at radius 3 is 3.14 bits per heavy atom. The zero-order valence-electron chi connectivity index (χ0n) is 8.19. The van der Waals surface area contributed by atoms with E-state index < -0.39 is 0 Å². The molecule has 1 aliphatic rings. The molecule has 0 amide bonds. The zero-order chi connectivity index (χ0) is 10.4. The predicted molar refractivity (Wildman–Crippen MR) is 50.5 cm³/mol. The normalized spacial score (nSPS) is 19.1. The molecule has 0 spiro atoms. The highest BCUT2D eigenvalue weighted by Gasteiger charge is 2.19. The molecule has 0 atom stereocenters. The Bertz CT molecular complexity index is 280. The van der Waals surface area contributed by atoms with E-state index in [-0.39, 0.29) is 12.5 Å². The molecule has 0 unspecified atom stereocenters. The van der Waals surface area contributed by atoms with Crippen LogP contribution >= 0.6 is 0 Å². The first-order chi connectivity index (χ1) is 6.77. The molecule has 0 bridgehead atoms. The van der Waals surface area contributed by atoms with Gasteiger partial charge < -0.3 is 9.64 Å². The van der Waals surface area contributed by atoms with Gasteiger partial charge in [-0.2, -0.15) is 10.3 Å². The summed E-state index contributed by atoms with van der Waals surface area (Å²) in [5.74, 6) is 0.404. The van der Waals surface area contributed by atoms with Crippen molar-refractivity contribution in [3.63, 3.8) is 0 Å². The fourth-order valence-corrected chi connectivity index (χ4v) is 1.45. The molecule has 0 aromatic heterocycles. The monoisotopic (exact) mass is 195 g/mol. The quantitative estimate of drug-likeness (QED) is 0.476. The Kier molecular flexibility index (Phi) is 3.92. The van der Waals surface area contributed by atoms with E-state index in [1.165, 1.54) is 7.11 Å². The van der Waals surface area contributed by atoms with Gasteiger partial charge in [0.1, 0.15) is 12.4 Å². The van der Waals surface area contributed by atoms with Crippen LogP contribution in [-0.2, 0) is 9.53 Å². The van der Waals surface area contributed by atoms with Crippen molar-refractivity contribution in [2.24, 2.45) is 4.99 Å². The van der Waals surface area contributed by atoms with Crippen molar-refractivity contribution in [2.75, 3.05) is 20.2 Å². The Labute approximate surface area is 83.0 Å². The third-order valence-electron chi connectivity index (χ3n) is 2.17. The maximum absolute atomic E-state index is 11.0. The smallest absolute Gasteiger partial charge is 0.325 e. The molecule has 1 rings (SSSR count). The van der Waals surface area contributed by atoms with Crippen LogP contribution in [0.15, 0.2) is 4.99 Å². The van der Waals surface area contributed by atoms with Crippen LogP contribution in [0.25, 0.3) is 0 Å². The van der Waals surface area contributed by atoms with Crippen molar-refractivity contribution in [3.05, 3.63) is 0 Å². The minimum atomic E-state index is -0.294. The van der Waals surface area contributed by atoms with Crippen molar-refractivity contribution < 1.29 is 9.53 Å². The maximum atomic E-state index is 11.0. The van der Waals surface area contributed by atoms with Gasteiger partial charge in [-0.25, -0.2) is 0 Å². The molecule has 0 aromatic rings. The van der Waals surface area contributed by atoms with E-state index >= 15 is 0 Å². The van der Waals surface area contributed by atoms with Gasteiger partial charge in [-0.3, -0.25) is 4.79 Å². The largest absolute Gasteiger partial charge is 0.468 e. The summed E-state index contributed by atoms with van der Waals surface area (Å²) < 4.78 is 4.56. The number of rotatable bonds is 2. The molecular formula is C9H13N3O2. The number of nitrogens with zero attached hydrogens (tertiary/aromatic N) is 3. The van der Waals surface area contributed by atoms with Crippen LogP contribution < -0.4 is 0 Å². The lowest BCUT2D eigenvalue weighted by Crippen LogP contribution is -2.39. The van der Waals surface area contributed by atoms with Crippen molar-refractivity contribution in [3.8, 4) is 6.19 Å². The number of esters is 1. The Hall–Kier alpha value is -1.57. The van der Waals surface area contributed by atoms with Crippen LogP contribution in [0, 0.1) is 11.5 Å². The molecule has 0 N–H and O–H groups in total. The number of ether oxygens (including phenoxy) is 1. The van der Waals surface area contributed by atoms with Gasteiger partial charge in [-0.15, -0.1) is 0 Å². The first-order valence-corrected chi connectivity index (χ1v) is 4.55. The van der Waals surface area contributed by atoms with E-state index in [0.29, 0.717) is 5.84 Å². The maximum Gasteiger partial charge on any atom is 0.325 e. The minimum absolute atomic E-state index is 0.191. The van der Waals surface area contributed by atoms with E-state index in [0.717, 1.165) is 25.8 Å². The molecule has 76 valence electrons. The summed E-state index contributed by atoms with van der Waals surface area (Å²) in [7, 11) is 1.35. The van der Waals surface area contributed by atoms with Gasteiger partial charge in [0.05, 0.1) is 7.11 Å². The van der Waals surface area contributed by atoms with Gasteiger partial charge in [0.15, 0.2) is 0 Å². The predicted octanol–water partition coefficient (Wildman–Crippen LogP) is 0.525. The summed E-state index contributed by atoms with van der Waals surface area (Å²) in [4.78, 5) is 16.5. The highest BCUT2D eigenvalue weighted by atomic mass is 16.5. The topological polar surface area (TPSA) is 65.7 Å². The van der Waals surface area contributed by atoms with E-state index in [9.17, 15) is 4.79 Å². The van der Waals surface area contributed by atoms with Gasteiger partial charge in [0, 0.05) is 13.0 Å². The number of methoxy groups -OCH3 is 1. The summed E-state index contributed by atoms with van der Waals surface area (Å²) in [5, 5.41) is 8.45. The van der Waals surface area contributed by atoms with E-state index in [1.54, 1.807) is 11.1 Å². The highest BCUT2D eigenvalue weighted by molar-refractivity contribution is 5.87. The number of carbonyl (C=O) groups is 1. The number of nitriles is 1. The van der Waals surface area contributed by atoms with Crippen molar-refractivity contribution in [1.82, 2.24) is 4.90 Å². The number of hydrogen-bond acceptors (Lipinski definition) is 4. The van der Waals surface area contributed by atoms with Gasteiger partial charge >= 0.3 is 5.97 Å². The first-order valence-electron chi connectivity index (χ1n) is 4.55. The molecule has 0 radical (unpaired) electrons. The SMILES string of the molecule is COC(=O)CN1CCCCC1=NC#N. The molecule has 1 saturated heterocycles. The number of aliphatic imine (C=N–C) groups is 1. The molecule has 1 heterocycles. The van der Waals surface area contributed by atoms with Crippen LogP contribution in [0.5, 0.6) is 0 Å².